The van der Waals surface area contributed by atoms with Crippen LogP contribution in [0.25, 0.3) is 10.9 Å². The van der Waals surface area contributed by atoms with Crippen LogP contribution in [0.1, 0.15) is 12.6 Å². The molecule has 0 spiro atoms. The van der Waals surface area contributed by atoms with Crippen molar-refractivity contribution in [2.45, 2.75) is 13.3 Å². The number of hydrogen-bond donors (Lipinski definition) is 1. The van der Waals surface area contributed by atoms with E-state index in [1.54, 1.807) is 0 Å². The van der Waals surface area contributed by atoms with Crippen molar-refractivity contribution in [3.05, 3.63) is 29.5 Å². The van der Waals surface area contributed by atoms with Gasteiger partial charge < -0.3 is 0 Å². The smallest absolute Gasteiger partial charge is 0.137 e. The van der Waals surface area contributed by atoms with Crippen molar-refractivity contribution in [1.29, 1.82) is 0 Å². The number of rotatable bonds is 1. The Morgan fingerprint density at radius 3 is 2.85 bits per heavy atom. The second-order valence-electron chi connectivity index (χ2n) is 2.84. The summed E-state index contributed by atoms with van der Waals surface area (Å²) < 4.78 is 25.9. The predicted octanol–water partition coefficient (Wildman–Crippen LogP) is 2.40. The van der Waals surface area contributed by atoms with E-state index in [1.807, 2.05) is 6.92 Å². The SMILES string of the molecule is CCc1[nH]nc2cc(F)cc(F)c12. The van der Waals surface area contributed by atoms with Crippen molar-refractivity contribution >= 4 is 10.9 Å². The summed E-state index contributed by atoms with van der Waals surface area (Å²) in [5.74, 6) is -1.15. The normalized spacial score (nSPS) is 11.0. The molecule has 0 aliphatic carbocycles. The Balaban J connectivity index is 2.82. The molecule has 0 radical (unpaired) electrons. The van der Waals surface area contributed by atoms with Gasteiger partial charge in [0, 0.05) is 17.8 Å². The second kappa shape index (κ2) is 2.80. The molecular weight excluding hydrogens is 174 g/mol. The Morgan fingerprint density at radius 2 is 2.15 bits per heavy atom. The maximum absolute atomic E-state index is 13.2. The highest BCUT2D eigenvalue weighted by atomic mass is 19.1. The van der Waals surface area contributed by atoms with Gasteiger partial charge in [0.2, 0.25) is 0 Å². The van der Waals surface area contributed by atoms with Crippen molar-refractivity contribution in [2.24, 2.45) is 0 Å². The predicted molar refractivity (Wildman–Crippen MR) is 45.4 cm³/mol. The Labute approximate surface area is 73.6 Å². The van der Waals surface area contributed by atoms with E-state index >= 15 is 0 Å². The Bertz CT molecular complexity index is 448. The molecule has 0 saturated heterocycles. The van der Waals surface area contributed by atoms with Crippen LogP contribution in [-0.2, 0) is 6.42 Å². The highest BCUT2D eigenvalue weighted by Crippen LogP contribution is 2.21. The monoisotopic (exact) mass is 182 g/mol. The first-order valence-corrected chi connectivity index (χ1v) is 4.04. The van der Waals surface area contributed by atoms with E-state index < -0.39 is 11.6 Å². The van der Waals surface area contributed by atoms with Gasteiger partial charge in [-0.1, -0.05) is 6.92 Å². The van der Waals surface area contributed by atoms with Crippen LogP contribution in [0.15, 0.2) is 12.1 Å². The molecule has 0 bridgehead atoms. The molecule has 0 aliphatic heterocycles. The topological polar surface area (TPSA) is 28.7 Å². The van der Waals surface area contributed by atoms with Gasteiger partial charge in [-0.25, -0.2) is 8.78 Å². The van der Waals surface area contributed by atoms with Gasteiger partial charge in [-0.15, -0.1) is 0 Å². The number of aromatic nitrogens is 2. The fraction of sp³-hybridized carbons (Fsp3) is 0.222. The summed E-state index contributed by atoms with van der Waals surface area (Å²) in [5, 5.41) is 6.87. The molecule has 0 unspecified atom stereocenters. The highest BCUT2D eigenvalue weighted by Gasteiger charge is 2.10. The molecule has 0 amide bonds. The number of H-pyrrole nitrogens is 1. The molecule has 0 aliphatic rings. The van der Waals surface area contributed by atoms with Crippen molar-refractivity contribution in [3.8, 4) is 0 Å². The van der Waals surface area contributed by atoms with Gasteiger partial charge in [0.25, 0.3) is 0 Å². The number of aryl methyl sites for hydroxylation is 1. The molecule has 1 aromatic heterocycles. The molecule has 4 heteroatoms. The van der Waals surface area contributed by atoms with Crippen LogP contribution in [0.4, 0.5) is 8.78 Å². The van der Waals surface area contributed by atoms with Crippen LogP contribution in [0.5, 0.6) is 0 Å². The minimum atomic E-state index is -0.598. The first kappa shape index (κ1) is 8.16. The van der Waals surface area contributed by atoms with E-state index in [1.165, 1.54) is 6.07 Å². The third kappa shape index (κ3) is 1.18. The van der Waals surface area contributed by atoms with Crippen molar-refractivity contribution in [3.63, 3.8) is 0 Å². The standard InChI is InChI=1S/C9H8F2N2/c1-2-7-9-6(11)3-5(10)4-8(9)13-12-7/h3-4H,2H2,1H3,(H,12,13). The van der Waals surface area contributed by atoms with Gasteiger partial charge in [-0.05, 0) is 6.42 Å². The fourth-order valence-electron chi connectivity index (χ4n) is 1.39. The van der Waals surface area contributed by atoms with Crippen LogP contribution in [0.2, 0.25) is 0 Å². The molecule has 1 heterocycles. The minimum Gasteiger partial charge on any atom is -0.281 e. The molecule has 2 nitrogen and oxygen atoms in total. The lowest BCUT2D eigenvalue weighted by Gasteiger charge is -1.94. The molecule has 68 valence electrons. The molecule has 2 aromatic rings. The molecule has 13 heavy (non-hydrogen) atoms. The summed E-state index contributed by atoms with van der Waals surface area (Å²) in [6.45, 7) is 1.88. The first-order valence-electron chi connectivity index (χ1n) is 4.04. The number of benzene rings is 1. The number of fused-ring (bicyclic) bond motifs is 1. The van der Waals surface area contributed by atoms with E-state index in [-0.39, 0.29) is 0 Å². The largest absolute Gasteiger partial charge is 0.281 e. The summed E-state index contributed by atoms with van der Waals surface area (Å²) in [5.41, 5.74) is 1.04. The zero-order valence-corrected chi connectivity index (χ0v) is 7.06. The summed E-state index contributed by atoms with van der Waals surface area (Å²) in [6.07, 6.45) is 0.652. The maximum Gasteiger partial charge on any atom is 0.137 e. The van der Waals surface area contributed by atoms with E-state index in [2.05, 4.69) is 10.2 Å². The van der Waals surface area contributed by atoms with Gasteiger partial charge in [0.05, 0.1) is 10.9 Å². The Morgan fingerprint density at radius 1 is 1.38 bits per heavy atom. The molecule has 0 atom stereocenters. The summed E-state index contributed by atoms with van der Waals surface area (Å²) in [6, 6.07) is 2.09. The lowest BCUT2D eigenvalue weighted by Crippen LogP contribution is -1.84. The van der Waals surface area contributed by atoms with Crippen molar-refractivity contribution in [2.75, 3.05) is 0 Å². The van der Waals surface area contributed by atoms with E-state index in [9.17, 15) is 8.78 Å². The zero-order chi connectivity index (χ0) is 9.42. The van der Waals surface area contributed by atoms with E-state index in [0.29, 0.717) is 23.0 Å². The second-order valence-corrected chi connectivity index (χ2v) is 2.84. The number of nitrogens with zero attached hydrogens (tertiary/aromatic N) is 1. The van der Waals surface area contributed by atoms with E-state index in [4.69, 9.17) is 0 Å². The molecule has 1 aromatic carbocycles. The lowest BCUT2D eigenvalue weighted by molar-refractivity contribution is 0.591. The van der Waals surface area contributed by atoms with Crippen molar-refractivity contribution in [1.82, 2.24) is 10.2 Å². The van der Waals surface area contributed by atoms with Crippen LogP contribution >= 0.6 is 0 Å². The highest BCUT2D eigenvalue weighted by molar-refractivity contribution is 5.81. The first-order chi connectivity index (χ1) is 6.22. The number of aromatic amines is 1. The summed E-state index contributed by atoms with van der Waals surface area (Å²) >= 11 is 0. The number of halogens is 2. The summed E-state index contributed by atoms with van der Waals surface area (Å²) in [4.78, 5) is 0. The van der Waals surface area contributed by atoms with Gasteiger partial charge in [-0.3, -0.25) is 5.10 Å². The van der Waals surface area contributed by atoms with Gasteiger partial charge in [0.1, 0.15) is 11.6 Å². The van der Waals surface area contributed by atoms with Gasteiger partial charge in [-0.2, -0.15) is 5.10 Å². The van der Waals surface area contributed by atoms with Gasteiger partial charge in [0.15, 0.2) is 0 Å². The molecular formula is C9H8F2N2. The number of nitrogens with one attached hydrogen (secondary N) is 1. The zero-order valence-electron chi connectivity index (χ0n) is 7.06. The minimum absolute atomic E-state index is 0.342. The molecule has 0 saturated carbocycles. The molecule has 0 fully saturated rings. The third-order valence-corrected chi connectivity index (χ3v) is 2.00. The Kier molecular flexibility index (Phi) is 1.76. The average molecular weight is 182 g/mol. The number of hydrogen-bond acceptors (Lipinski definition) is 1. The lowest BCUT2D eigenvalue weighted by atomic mass is 10.1. The molecule has 2 rings (SSSR count). The fourth-order valence-corrected chi connectivity index (χ4v) is 1.39. The Hall–Kier alpha value is -1.45. The third-order valence-electron chi connectivity index (χ3n) is 2.00. The van der Waals surface area contributed by atoms with Crippen LogP contribution in [-0.4, -0.2) is 10.2 Å². The quantitative estimate of drug-likeness (QED) is 0.720. The van der Waals surface area contributed by atoms with Crippen LogP contribution < -0.4 is 0 Å². The van der Waals surface area contributed by atoms with Crippen LogP contribution in [0, 0.1) is 11.6 Å². The molecule has 1 N–H and O–H groups in total. The summed E-state index contributed by atoms with van der Waals surface area (Å²) in [7, 11) is 0. The maximum atomic E-state index is 13.2. The van der Waals surface area contributed by atoms with Crippen molar-refractivity contribution < 1.29 is 8.78 Å². The van der Waals surface area contributed by atoms with Gasteiger partial charge >= 0.3 is 0 Å². The average Bonchev–Trinajstić information content (AvgIpc) is 2.47. The van der Waals surface area contributed by atoms with Crippen LogP contribution in [0.3, 0.4) is 0 Å². The van der Waals surface area contributed by atoms with E-state index in [0.717, 1.165) is 6.07 Å².